The van der Waals surface area contributed by atoms with E-state index in [1.54, 1.807) is 0 Å². The molecule has 0 aromatic heterocycles. The summed E-state index contributed by atoms with van der Waals surface area (Å²) in [6.45, 7) is 9.15. The maximum absolute atomic E-state index is 5.99. The molecule has 1 aliphatic rings. The summed E-state index contributed by atoms with van der Waals surface area (Å²) in [6, 6.07) is 0.405. The van der Waals surface area contributed by atoms with E-state index in [0.29, 0.717) is 16.9 Å². The van der Waals surface area contributed by atoms with Crippen molar-refractivity contribution in [2.45, 2.75) is 46.6 Å². The minimum atomic E-state index is 0.365. The Balaban J connectivity index is 2.71. The third kappa shape index (κ3) is 1.34. The third-order valence-electron chi connectivity index (χ3n) is 2.71. The first-order valence-corrected chi connectivity index (χ1v) is 4.09. The molecule has 2 N–H and O–H groups in total. The molecule has 0 aromatic rings. The van der Waals surface area contributed by atoms with Crippen LogP contribution >= 0.6 is 0 Å². The van der Waals surface area contributed by atoms with Crippen LogP contribution in [0.3, 0.4) is 0 Å². The van der Waals surface area contributed by atoms with Crippen LogP contribution in [0.1, 0.15) is 40.5 Å². The van der Waals surface area contributed by atoms with Crippen molar-refractivity contribution in [3.8, 4) is 0 Å². The second-order valence-corrected chi connectivity index (χ2v) is 5.14. The maximum atomic E-state index is 5.99. The van der Waals surface area contributed by atoms with Crippen LogP contribution in [0.4, 0.5) is 0 Å². The van der Waals surface area contributed by atoms with Crippen LogP contribution in [-0.2, 0) is 0 Å². The molecule has 0 bridgehead atoms. The van der Waals surface area contributed by atoms with E-state index < -0.39 is 0 Å². The van der Waals surface area contributed by atoms with Gasteiger partial charge < -0.3 is 5.73 Å². The smallest absolute Gasteiger partial charge is 0.00955 e. The highest BCUT2D eigenvalue weighted by molar-refractivity contribution is 4.96. The summed E-state index contributed by atoms with van der Waals surface area (Å²) in [5.41, 5.74) is 6.83. The quantitative estimate of drug-likeness (QED) is 0.549. The maximum Gasteiger partial charge on any atom is 0.00955 e. The lowest BCUT2D eigenvalue weighted by Crippen LogP contribution is -2.31. The van der Waals surface area contributed by atoms with Crippen molar-refractivity contribution in [2.75, 3.05) is 0 Å². The molecule has 1 rings (SSSR count). The molecular formula is C9H19N. The van der Waals surface area contributed by atoms with Crippen LogP contribution < -0.4 is 5.73 Å². The molecule has 0 saturated heterocycles. The molecule has 0 spiro atoms. The van der Waals surface area contributed by atoms with Crippen LogP contribution in [0, 0.1) is 10.8 Å². The Morgan fingerprint density at radius 2 is 1.70 bits per heavy atom. The SMILES string of the molecule is CC1(C)C[C@@H](N)C(C)(C)C1. The molecule has 60 valence electrons. The van der Waals surface area contributed by atoms with Gasteiger partial charge in [0.2, 0.25) is 0 Å². The Hall–Kier alpha value is -0.0400. The Labute approximate surface area is 64.0 Å². The van der Waals surface area contributed by atoms with Crippen molar-refractivity contribution >= 4 is 0 Å². The van der Waals surface area contributed by atoms with Crippen molar-refractivity contribution in [1.29, 1.82) is 0 Å². The van der Waals surface area contributed by atoms with Crippen molar-refractivity contribution in [1.82, 2.24) is 0 Å². The van der Waals surface area contributed by atoms with Gasteiger partial charge in [0.15, 0.2) is 0 Å². The molecule has 0 unspecified atom stereocenters. The van der Waals surface area contributed by atoms with Gasteiger partial charge >= 0.3 is 0 Å². The lowest BCUT2D eigenvalue weighted by molar-refractivity contribution is 0.293. The van der Waals surface area contributed by atoms with Gasteiger partial charge in [0, 0.05) is 6.04 Å². The molecule has 0 radical (unpaired) electrons. The number of rotatable bonds is 0. The lowest BCUT2D eigenvalue weighted by Gasteiger charge is -2.23. The molecule has 10 heavy (non-hydrogen) atoms. The van der Waals surface area contributed by atoms with E-state index >= 15 is 0 Å². The Kier molecular flexibility index (Phi) is 1.59. The zero-order valence-corrected chi connectivity index (χ0v) is 7.57. The van der Waals surface area contributed by atoms with Gasteiger partial charge in [-0.1, -0.05) is 27.7 Å². The molecule has 0 amide bonds. The first-order valence-electron chi connectivity index (χ1n) is 4.09. The van der Waals surface area contributed by atoms with Crippen molar-refractivity contribution in [2.24, 2.45) is 16.6 Å². The van der Waals surface area contributed by atoms with E-state index in [-0.39, 0.29) is 0 Å². The molecule has 1 saturated carbocycles. The van der Waals surface area contributed by atoms with Gasteiger partial charge in [-0.2, -0.15) is 0 Å². The zero-order chi connectivity index (χ0) is 7.99. The second-order valence-electron chi connectivity index (χ2n) is 5.14. The summed E-state index contributed by atoms with van der Waals surface area (Å²) in [5.74, 6) is 0. The molecule has 0 aromatic carbocycles. The largest absolute Gasteiger partial charge is 0.327 e. The van der Waals surface area contributed by atoms with Crippen LogP contribution in [0.5, 0.6) is 0 Å². The minimum Gasteiger partial charge on any atom is -0.327 e. The van der Waals surface area contributed by atoms with E-state index in [0.717, 1.165) is 0 Å². The molecule has 1 atom stereocenters. The molecule has 0 aliphatic heterocycles. The topological polar surface area (TPSA) is 26.0 Å². The summed E-state index contributed by atoms with van der Waals surface area (Å²) < 4.78 is 0. The van der Waals surface area contributed by atoms with E-state index in [2.05, 4.69) is 27.7 Å². The standard InChI is InChI=1S/C9H19N/c1-8(2)5-7(10)9(3,4)6-8/h7H,5-6,10H2,1-4H3/t7-/m1/s1. The fourth-order valence-electron chi connectivity index (χ4n) is 2.31. The lowest BCUT2D eigenvalue weighted by atomic mass is 9.84. The molecule has 1 nitrogen and oxygen atoms in total. The summed E-state index contributed by atoms with van der Waals surface area (Å²) in [5, 5.41) is 0. The van der Waals surface area contributed by atoms with Gasteiger partial charge in [-0.05, 0) is 23.7 Å². The molecule has 0 heterocycles. The Morgan fingerprint density at radius 1 is 1.20 bits per heavy atom. The molecule has 1 fully saturated rings. The Bertz CT molecular complexity index is 136. The van der Waals surface area contributed by atoms with E-state index in [4.69, 9.17) is 5.73 Å². The monoisotopic (exact) mass is 141 g/mol. The van der Waals surface area contributed by atoms with Gasteiger partial charge in [0.1, 0.15) is 0 Å². The summed E-state index contributed by atoms with van der Waals surface area (Å²) in [6.07, 6.45) is 2.45. The fraction of sp³-hybridized carbons (Fsp3) is 1.00. The highest BCUT2D eigenvalue weighted by atomic mass is 14.7. The van der Waals surface area contributed by atoms with Crippen LogP contribution in [0.15, 0.2) is 0 Å². The number of hydrogen-bond acceptors (Lipinski definition) is 1. The second kappa shape index (κ2) is 1.97. The van der Waals surface area contributed by atoms with E-state index in [9.17, 15) is 0 Å². The summed E-state index contributed by atoms with van der Waals surface area (Å²) >= 11 is 0. The van der Waals surface area contributed by atoms with Gasteiger partial charge in [0.05, 0.1) is 0 Å². The van der Waals surface area contributed by atoms with Crippen LogP contribution in [0.25, 0.3) is 0 Å². The van der Waals surface area contributed by atoms with Gasteiger partial charge in [-0.15, -0.1) is 0 Å². The van der Waals surface area contributed by atoms with E-state index in [1.807, 2.05) is 0 Å². The van der Waals surface area contributed by atoms with Crippen molar-refractivity contribution in [3.63, 3.8) is 0 Å². The Morgan fingerprint density at radius 3 is 1.80 bits per heavy atom. The van der Waals surface area contributed by atoms with Crippen molar-refractivity contribution in [3.05, 3.63) is 0 Å². The number of nitrogens with two attached hydrogens (primary N) is 1. The third-order valence-corrected chi connectivity index (χ3v) is 2.71. The summed E-state index contributed by atoms with van der Waals surface area (Å²) in [7, 11) is 0. The highest BCUT2D eigenvalue weighted by Gasteiger charge is 2.42. The summed E-state index contributed by atoms with van der Waals surface area (Å²) in [4.78, 5) is 0. The average Bonchev–Trinajstić information content (AvgIpc) is 1.73. The van der Waals surface area contributed by atoms with Gasteiger partial charge in [-0.25, -0.2) is 0 Å². The number of hydrogen-bond donors (Lipinski definition) is 1. The van der Waals surface area contributed by atoms with Gasteiger partial charge in [-0.3, -0.25) is 0 Å². The normalized spacial score (nSPS) is 36.3. The zero-order valence-electron chi connectivity index (χ0n) is 7.57. The predicted molar refractivity (Wildman–Crippen MR) is 44.8 cm³/mol. The average molecular weight is 141 g/mol. The molecule has 1 heteroatoms. The van der Waals surface area contributed by atoms with Crippen LogP contribution in [-0.4, -0.2) is 6.04 Å². The predicted octanol–water partition coefficient (Wildman–Crippen LogP) is 2.16. The van der Waals surface area contributed by atoms with Crippen LogP contribution in [0.2, 0.25) is 0 Å². The minimum absolute atomic E-state index is 0.365. The van der Waals surface area contributed by atoms with Gasteiger partial charge in [0.25, 0.3) is 0 Å². The van der Waals surface area contributed by atoms with Crippen molar-refractivity contribution < 1.29 is 0 Å². The highest BCUT2D eigenvalue weighted by Crippen LogP contribution is 2.47. The molecule has 1 aliphatic carbocycles. The first kappa shape index (κ1) is 8.06. The first-order chi connectivity index (χ1) is 4.33. The van der Waals surface area contributed by atoms with E-state index in [1.165, 1.54) is 12.8 Å². The fourth-order valence-corrected chi connectivity index (χ4v) is 2.31. The molecular weight excluding hydrogens is 122 g/mol.